The third kappa shape index (κ3) is 4.10. The van der Waals surface area contributed by atoms with Crippen molar-refractivity contribution in [2.75, 3.05) is 11.6 Å². The van der Waals surface area contributed by atoms with Crippen molar-refractivity contribution in [3.8, 4) is 0 Å². The summed E-state index contributed by atoms with van der Waals surface area (Å²) in [6.45, 7) is 6.39. The quantitative estimate of drug-likeness (QED) is 0.804. The van der Waals surface area contributed by atoms with Crippen molar-refractivity contribution in [1.82, 2.24) is 9.99 Å². The zero-order chi connectivity index (χ0) is 17.9. The smallest absolute Gasteiger partial charge is 0.429 e. The maximum atomic E-state index is 13.0. The van der Waals surface area contributed by atoms with Gasteiger partial charge in [0.1, 0.15) is 11.4 Å². The molecule has 0 saturated carbocycles. The molecule has 1 aromatic heterocycles. The SMILES string of the molecule is CC(C)(C)OC(=O)N1[C@@H](c2ccccc2)CCCN1c1ccccn1. The lowest BCUT2D eigenvalue weighted by Gasteiger charge is -2.44. The minimum atomic E-state index is -0.550. The van der Waals surface area contributed by atoms with Crippen LogP contribution in [0.1, 0.15) is 45.2 Å². The van der Waals surface area contributed by atoms with Crippen molar-refractivity contribution in [3.63, 3.8) is 0 Å². The number of hydrogen-bond acceptors (Lipinski definition) is 4. The zero-order valence-corrected chi connectivity index (χ0v) is 15.1. The molecule has 1 aliphatic heterocycles. The molecule has 0 spiro atoms. The van der Waals surface area contributed by atoms with Gasteiger partial charge in [-0.25, -0.2) is 14.8 Å². The van der Waals surface area contributed by atoms with Gasteiger partial charge in [0.2, 0.25) is 0 Å². The van der Waals surface area contributed by atoms with E-state index in [-0.39, 0.29) is 12.1 Å². The van der Waals surface area contributed by atoms with Gasteiger partial charge in [-0.15, -0.1) is 0 Å². The number of nitrogens with zero attached hydrogens (tertiary/aromatic N) is 3. The Morgan fingerprint density at radius 1 is 1.12 bits per heavy atom. The first-order valence-corrected chi connectivity index (χ1v) is 8.71. The van der Waals surface area contributed by atoms with Crippen LogP contribution in [-0.2, 0) is 4.74 Å². The molecule has 5 nitrogen and oxygen atoms in total. The summed E-state index contributed by atoms with van der Waals surface area (Å²) in [5.41, 5.74) is 0.556. The number of hydrogen-bond donors (Lipinski definition) is 0. The summed E-state index contributed by atoms with van der Waals surface area (Å²) in [4.78, 5) is 17.5. The molecule has 1 fully saturated rings. The lowest BCUT2D eigenvalue weighted by atomic mass is 9.99. The highest BCUT2D eigenvalue weighted by Gasteiger charge is 2.37. The van der Waals surface area contributed by atoms with Crippen LogP contribution in [0.4, 0.5) is 10.6 Å². The maximum Gasteiger partial charge on any atom is 0.429 e. The minimum Gasteiger partial charge on any atom is -0.442 e. The van der Waals surface area contributed by atoms with Crippen LogP contribution in [0.2, 0.25) is 0 Å². The Labute approximate surface area is 149 Å². The van der Waals surface area contributed by atoms with Crippen LogP contribution >= 0.6 is 0 Å². The number of pyridine rings is 1. The number of benzene rings is 1. The summed E-state index contributed by atoms with van der Waals surface area (Å²) >= 11 is 0. The molecule has 1 amide bonds. The largest absolute Gasteiger partial charge is 0.442 e. The Hall–Kier alpha value is -2.56. The molecular formula is C20H25N3O2. The zero-order valence-electron chi connectivity index (χ0n) is 15.1. The first-order chi connectivity index (χ1) is 12.0. The van der Waals surface area contributed by atoms with Crippen LogP contribution in [0.15, 0.2) is 54.7 Å². The van der Waals surface area contributed by atoms with Gasteiger partial charge in [-0.1, -0.05) is 36.4 Å². The van der Waals surface area contributed by atoms with E-state index in [2.05, 4.69) is 17.1 Å². The van der Waals surface area contributed by atoms with Crippen molar-refractivity contribution < 1.29 is 9.53 Å². The van der Waals surface area contributed by atoms with Crippen LogP contribution in [0, 0.1) is 0 Å². The Bertz CT molecular complexity index is 650. The van der Waals surface area contributed by atoms with Gasteiger partial charge in [0, 0.05) is 12.7 Å². The fourth-order valence-electron chi connectivity index (χ4n) is 3.08. The molecule has 1 atom stereocenters. The highest BCUT2D eigenvalue weighted by atomic mass is 16.6. The molecule has 0 radical (unpaired) electrons. The Morgan fingerprint density at radius 2 is 1.84 bits per heavy atom. The summed E-state index contributed by atoms with van der Waals surface area (Å²) in [6.07, 6.45) is 3.28. The van der Waals surface area contributed by atoms with Crippen molar-refractivity contribution in [1.29, 1.82) is 0 Å². The molecule has 5 heteroatoms. The normalized spacial score (nSPS) is 18.1. The van der Waals surface area contributed by atoms with Gasteiger partial charge < -0.3 is 4.74 Å². The average Bonchev–Trinajstić information content (AvgIpc) is 2.61. The minimum absolute atomic E-state index is 0.0631. The van der Waals surface area contributed by atoms with Gasteiger partial charge in [0.05, 0.1) is 6.04 Å². The summed E-state index contributed by atoms with van der Waals surface area (Å²) < 4.78 is 5.70. The second kappa shape index (κ2) is 7.13. The van der Waals surface area contributed by atoms with Crippen LogP contribution in [-0.4, -0.2) is 28.2 Å². The number of carbonyl (C=O) groups excluding carboxylic acids is 1. The topological polar surface area (TPSA) is 45.7 Å². The highest BCUT2D eigenvalue weighted by Crippen LogP contribution is 2.34. The number of carbonyl (C=O) groups is 1. The Kier molecular flexibility index (Phi) is 4.93. The molecule has 25 heavy (non-hydrogen) atoms. The molecule has 0 unspecified atom stereocenters. The van der Waals surface area contributed by atoms with Crippen molar-refractivity contribution in [2.45, 2.75) is 45.3 Å². The van der Waals surface area contributed by atoms with E-state index in [1.807, 2.05) is 62.2 Å². The molecule has 1 aromatic carbocycles. The Morgan fingerprint density at radius 3 is 2.48 bits per heavy atom. The van der Waals surface area contributed by atoms with E-state index >= 15 is 0 Å². The van der Waals surface area contributed by atoms with Gasteiger partial charge in [0.15, 0.2) is 0 Å². The molecule has 3 rings (SSSR count). The van der Waals surface area contributed by atoms with Gasteiger partial charge in [-0.05, 0) is 51.3 Å². The fraction of sp³-hybridized carbons (Fsp3) is 0.400. The number of ether oxygens (including phenoxy) is 1. The Balaban J connectivity index is 1.98. The molecule has 2 heterocycles. The molecule has 0 aliphatic carbocycles. The van der Waals surface area contributed by atoms with Gasteiger partial charge >= 0.3 is 6.09 Å². The number of rotatable bonds is 2. The van der Waals surface area contributed by atoms with Crippen LogP contribution in [0.5, 0.6) is 0 Å². The highest BCUT2D eigenvalue weighted by molar-refractivity contribution is 5.71. The van der Waals surface area contributed by atoms with E-state index in [9.17, 15) is 4.79 Å². The average molecular weight is 339 g/mol. The van der Waals surface area contributed by atoms with Gasteiger partial charge in [-0.3, -0.25) is 5.01 Å². The molecule has 2 aromatic rings. The van der Waals surface area contributed by atoms with E-state index in [0.717, 1.165) is 30.8 Å². The molecule has 132 valence electrons. The van der Waals surface area contributed by atoms with E-state index in [4.69, 9.17) is 4.74 Å². The monoisotopic (exact) mass is 339 g/mol. The van der Waals surface area contributed by atoms with Gasteiger partial charge in [0.25, 0.3) is 0 Å². The molecular weight excluding hydrogens is 314 g/mol. The van der Waals surface area contributed by atoms with E-state index in [1.165, 1.54) is 0 Å². The first kappa shape index (κ1) is 17.3. The lowest BCUT2D eigenvalue weighted by molar-refractivity contribution is 0.00620. The summed E-state index contributed by atoms with van der Waals surface area (Å²) in [7, 11) is 0. The number of anilines is 1. The predicted octanol–water partition coefficient (Wildman–Crippen LogP) is 4.58. The standard InChI is InChI=1S/C20H25N3O2/c1-20(2,3)25-19(24)23-17(16-10-5-4-6-11-16)12-9-15-22(23)18-13-7-8-14-21-18/h4-8,10-11,13-14,17H,9,12,15H2,1-3H3/t17-/m1/s1. The van der Waals surface area contributed by atoms with Crippen LogP contribution in [0.3, 0.4) is 0 Å². The molecule has 1 aliphatic rings. The molecule has 0 N–H and O–H groups in total. The lowest BCUT2D eigenvalue weighted by Crippen LogP contribution is -2.53. The number of aromatic nitrogens is 1. The maximum absolute atomic E-state index is 13.0. The van der Waals surface area contributed by atoms with Crippen LogP contribution < -0.4 is 5.01 Å². The summed E-state index contributed by atoms with van der Waals surface area (Å²) in [5, 5.41) is 3.67. The molecule has 0 bridgehead atoms. The van der Waals surface area contributed by atoms with Gasteiger partial charge in [-0.2, -0.15) is 0 Å². The second-order valence-electron chi connectivity index (χ2n) is 7.20. The fourth-order valence-corrected chi connectivity index (χ4v) is 3.08. The predicted molar refractivity (Wildman–Crippen MR) is 98.1 cm³/mol. The first-order valence-electron chi connectivity index (χ1n) is 8.71. The van der Waals surface area contributed by atoms with E-state index in [0.29, 0.717) is 0 Å². The number of hydrazine groups is 1. The summed E-state index contributed by atoms with van der Waals surface area (Å²) in [5.74, 6) is 0.758. The third-order valence-corrected chi connectivity index (χ3v) is 4.08. The van der Waals surface area contributed by atoms with E-state index < -0.39 is 5.60 Å². The number of amides is 1. The summed E-state index contributed by atoms with van der Waals surface area (Å²) in [6, 6.07) is 15.8. The molecule has 1 saturated heterocycles. The third-order valence-electron chi connectivity index (χ3n) is 4.08. The van der Waals surface area contributed by atoms with E-state index in [1.54, 1.807) is 11.2 Å². The second-order valence-corrected chi connectivity index (χ2v) is 7.20. The van der Waals surface area contributed by atoms with Crippen molar-refractivity contribution in [2.24, 2.45) is 0 Å². The van der Waals surface area contributed by atoms with Crippen LogP contribution in [0.25, 0.3) is 0 Å². The van der Waals surface area contributed by atoms with Crippen molar-refractivity contribution in [3.05, 3.63) is 60.3 Å². The van der Waals surface area contributed by atoms with Crippen molar-refractivity contribution >= 4 is 11.9 Å².